The van der Waals surface area contributed by atoms with E-state index in [2.05, 4.69) is 16.4 Å². The quantitative estimate of drug-likeness (QED) is 0.625. The van der Waals surface area contributed by atoms with Crippen LogP contribution in [0, 0.1) is 32.1 Å². The Bertz CT molecular complexity index is 1090. The van der Waals surface area contributed by atoms with Crippen molar-refractivity contribution in [2.24, 2.45) is 0 Å². The fourth-order valence-electron chi connectivity index (χ4n) is 3.33. The van der Waals surface area contributed by atoms with Crippen LogP contribution in [0.1, 0.15) is 26.7 Å². The first kappa shape index (κ1) is 21.6. The number of amides is 1. The molecule has 1 amide bonds. The highest BCUT2D eigenvalue weighted by Crippen LogP contribution is 2.30. The molecule has 0 fully saturated rings. The Hall–Kier alpha value is -3.15. The molecule has 0 aliphatic heterocycles. The summed E-state index contributed by atoms with van der Waals surface area (Å²) in [7, 11) is 3.50. The van der Waals surface area contributed by atoms with E-state index in [4.69, 9.17) is 4.74 Å². The van der Waals surface area contributed by atoms with Gasteiger partial charge in [0, 0.05) is 29.0 Å². The summed E-state index contributed by atoms with van der Waals surface area (Å²) < 4.78 is 7.13. The summed E-state index contributed by atoms with van der Waals surface area (Å²) in [5.74, 6) is 1.05. The fourth-order valence-corrected chi connectivity index (χ4v) is 4.21. The second-order valence-corrected chi connectivity index (χ2v) is 8.46. The lowest BCUT2D eigenvalue weighted by Crippen LogP contribution is -2.30. The molecule has 0 unspecified atom stereocenters. The highest BCUT2D eigenvalue weighted by molar-refractivity contribution is 7.11. The maximum atomic E-state index is 12.8. The molecule has 0 aliphatic carbocycles. The molecule has 3 rings (SSSR count). The van der Waals surface area contributed by atoms with Crippen LogP contribution in [0.3, 0.4) is 0 Å². The Balaban J connectivity index is 1.84. The van der Waals surface area contributed by atoms with E-state index in [1.165, 1.54) is 0 Å². The number of aromatic nitrogens is 2. The topological polar surface area (TPSA) is 83.2 Å². The van der Waals surface area contributed by atoms with Crippen LogP contribution in [0.5, 0.6) is 5.75 Å². The van der Waals surface area contributed by atoms with Gasteiger partial charge in [0.05, 0.1) is 24.2 Å². The van der Waals surface area contributed by atoms with Gasteiger partial charge in [-0.2, -0.15) is 5.26 Å². The number of rotatable bonds is 7. The molecule has 156 valence electrons. The molecule has 0 bridgehead atoms. The maximum Gasteiger partial charge on any atom is 0.239 e. The van der Waals surface area contributed by atoms with E-state index < -0.39 is 0 Å². The lowest BCUT2D eigenvalue weighted by atomic mass is 10.2. The Labute approximate surface area is 180 Å². The molecular formula is C22H25N5O2S. The Morgan fingerprint density at radius 3 is 2.57 bits per heavy atom. The van der Waals surface area contributed by atoms with Crippen LogP contribution < -0.4 is 10.1 Å². The normalized spacial score (nSPS) is 10.8. The number of thiazole rings is 1. The zero-order valence-electron chi connectivity index (χ0n) is 17.8. The number of likely N-dealkylation sites (N-methyl/N-ethyl adjacent to an activating group) is 1. The van der Waals surface area contributed by atoms with E-state index in [-0.39, 0.29) is 12.5 Å². The van der Waals surface area contributed by atoms with Crippen molar-refractivity contribution < 1.29 is 9.53 Å². The van der Waals surface area contributed by atoms with E-state index in [9.17, 15) is 10.1 Å². The van der Waals surface area contributed by atoms with Crippen molar-refractivity contribution in [3.63, 3.8) is 0 Å². The number of nitrogens with zero attached hydrogens (tertiary/aromatic N) is 4. The summed E-state index contributed by atoms with van der Waals surface area (Å²) >= 11 is 1.62. The number of aryl methyl sites for hydroxylation is 1. The standard InChI is InChI=1S/C22H25N5O2S/c1-14-15(2)27(17-6-8-18(29-5)9-7-17)22(20(14)10-23)25-21(28)13-26(4)12-19-11-24-16(3)30-19/h6-9,11H,12-13H2,1-5H3,(H,25,28). The van der Waals surface area contributed by atoms with Crippen LogP contribution >= 0.6 is 11.3 Å². The molecule has 8 heteroatoms. The monoisotopic (exact) mass is 423 g/mol. The number of hydrogen-bond donors (Lipinski definition) is 1. The zero-order valence-corrected chi connectivity index (χ0v) is 18.6. The number of carbonyl (C=O) groups excluding carboxylic acids is 1. The van der Waals surface area contributed by atoms with Crippen LogP contribution in [0.2, 0.25) is 0 Å². The summed E-state index contributed by atoms with van der Waals surface area (Å²) in [6.07, 6.45) is 1.84. The zero-order chi connectivity index (χ0) is 21.8. The molecule has 1 N–H and O–H groups in total. The lowest BCUT2D eigenvalue weighted by molar-refractivity contribution is -0.117. The van der Waals surface area contributed by atoms with Crippen molar-refractivity contribution in [1.82, 2.24) is 14.5 Å². The third-order valence-corrected chi connectivity index (χ3v) is 5.82. The molecule has 2 heterocycles. The molecule has 1 aromatic carbocycles. The van der Waals surface area contributed by atoms with Crippen molar-refractivity contribution >= 4 is 23.1 Å². The summed E-state index contributed by atoms with van der Waals surface area (Å²) in [4.78, 5) is 20.1. The summed E-state index contributed by atoms with van der Waals surface area (Å²) in [6, 6.07) is 9.75. The number of ether oxygens (including phenoxy) is 1. The van der Waals surface area contributed by atoms with Gasteiger partial charge in [0.2, 0.25) is 5.91 Å². The van der Waals surface area contributed by atoms with E-state index in [0.717, 1.165) is 32.6 Å². The van der Waals surface area contributed by atoms with Crippen molar-refractivity contribution in [3.8, 4) is 17.5 Å². The highest BCUT2D eigenvalue weighted by Gasteiger charge is 2.21. The van der Waals surface area contributed by atoms with Crippen molar-refractivity contribution in [2.45, 2.75) is 27.3 Å². The molecule has 7 nitrogen and oxygen atoms in total. The molecule has 0 spiro atoms. The second-order valence-electron chi connectivity index (χ2n) is 7.15. The largest absolute Gasteiger partial charge is 0.497 e. The number of benzene rings is 1. The van der Waals surface area contributed by atoms with E-state index >= 15 is 0 Å². The summed E-state index contributed by atoms with van der Waals surface area (Å²) in [5.41, 5.74) is 3.07. The Kier molecular flexibility index (Phi) is 6.55. The number of carbonyl (C=O) groups is 1. The maximum absolute atomic E-state index is 12.8. The van der Waals surface area contributed by atoms with Gasteiger partial charge in [-0.25, -0.2) is 4.98 Å². The highest BCUT2D eigenvalue weighted by atomic mass is 32.1. The molecule has 0 aliphatic rings. The molecular weight excluding hydrogens is 398 g/mol. The van der Waals surface area contributed by atoms with Gasteiger partial charge < -0.3 is 10.1 Å². The van der Waals surface area contributed by atoms with Gasteiger partial charge in [-0.05, 0) is 57.6 Å². The van der Waals surface area contributed by atoms with Gasteiger partial charge in [0.25, 0.3) is 0 Å². The minimum atomic E-state index is -0.178. The van der Waals surface area contributed by atoms with Gasteiger partial charge in [-0.3, -0.25) is 14.3 Å². The predicted molar refractivity (Wildman–Crippen MR) is 118 cm³/mol. The first-order chi connectivity index (χ1) is 14.3. The van der Waals surface area contributed by atoms with E-state index in [0.29, 0.717) is 17.9 Å². The molecule has 0 radical (unpaired) electrons. The van der Waals surface area contributed by atoms with E-state index in [1.807, 2.05) is 67.7 Å². The Morgan fingerprint density at radius 2 is 2.00 bits per heavy atom. The average Bonchev–Trinajstić information content (AvgIpc) is 3.22. The van der Waals surface area contributed by atoms with Crippen LogP contribution in [0.4, 0.5) is 5.82 Å². The minimum absolute atomic E-state index is 0.178. The number of nitriles is 1. The fraction of sp³-hybridized carbons (Fsp3) is 0.318. The number of methoxy groups -OCH3 is 1. The van der Waals surface area contributed by atoms with Crippen LogP contribution in [-0.4, -0.2) is 41.1 Å². The smallest absolute Gasteiger partial charge is 0.239 e. The predicted octanol–water partition coefficient (Wildman–Crippen LogP) is 3.81. The van der Waals surface area contributed by atoms with Crippen molar-refractivity contribution in [3.05, 3.63) is 57.2 Å². The van der Waals surface area contributed by atoms with Gasteiger partial charge in [0.1, 0.15) is 17.6 Å². The third-order valence-electron chi connectivity index (χ3n) is 4.92. The third kappa shape index (κ3) is 4.53. The van der Waals surface area contributed by atoms with Gasteiger partial charge in [0.15, 0.2) is 0 Å². The van der Waals surface area contributed by atoms with Crippen LogP contribution in [0.25, 0.3) is 5.69 Å². The molecule has 0 saturated carbocycles. The van der Waals surface area contributed by atoms with Gasteiger partial charge in [-0.15, -0.1) is 11.3 Å². The van der Waals surface area contributed by atoms with Gasteiger partial charge >= 0.3 is 0 Å². The van der Waals surface area contributed by atoms with Crippen molar-refractivity contribution in [2.75, 3.05) is 26.0 Å². The number of anilines is 1. The number of nitrogens with one attached hydrogen (secondary N) is 1. The molecule has 0 atom stereocenters. The summed E-state index contributed by atoms with van der Waals surface area (Å²) in [6.45, 7) is 6.63. The van der Waals surface area contributed by atoms with Crippen molar-refractivity contribution in [1.29, 1.82) is 5.26 Å². The first-order valence-corrected chi connectivity index (χ1v) is 10.3. The first-order valence-electron chi connectivity index (χ1n) is 9.50. The van der Waals surface area contributed by atoms with E-state index in [1.54, 1.807) is 18.4 Å². The van der Waals surface area contributed by atoms with Gasteiger partial charge in [-0.1, -0.05) is 0 Å². The molecule has 2 aromatic heterocycles. The summed E-state index contributed by atoms with van der Waals surface area (Å²) in [5, 5.41) is 13.7. The van der Waals surface area contributed by atoms with Crippen LogP contribution in [-0.2, 0) is 11.3 Å². The molecule has 3 aromatic rings. The number of hydrogen-bond acceptors (Lipinski definition) is 6. The Morgan fingerprint density at radius 1 is 1.30 bits per heavy atom. The van der Waals surface area contributed by atoms with Crippen LogP contribution in [0.15, 0.2) is 30.5 Å². The second kappa shape index (κ2) is 9.11. The lowest BCUT2D eigenvalue weighted by Gasteiger charge is -2.17. The average molecular weight is 424 g/mol. The SMILES string of the molecule is COc1ccc(-n2c(C)c(C)c(C#N)c2NC(=O)CN(C)Cc2cnc(C)s2)cc1. The molecule has 0 saturated heterocycles. The minimum Gasteiger partial charge on any atom is -0.497 e. The molecule has 30 heavy (non-hydrogen) atoms.